The van der Waals surface area contributed by atoms with Crippen LogP contribution in [0.4, 0.5) is 0 Å². The highest BCUT2D eigenvalue weighted by atomic mass is 16.6. The molecule has 2 aromatic rings. The van der Waals surface area contributed by atoms with Gasteiger partial charge in [-0.3, -0.25) is 4.79 Å². The highest BCUT2D eigenvalue weighted by Crippen LogP contribution is 2.18. The summed E-state index contributed by atoms with van der Waals surface area (Å²) in [6, 6.07) is 15.7. The summed E-state index contributed by atoms with van der Waals surface area (Å²) < 4.78 is 10.6. The number of hydrogen-bond acceptors (Lipinski definition) is 4. The van der Waals surface area contributed by atoms with Crippen LogP contribution < -0.4 is 10.1 Å². The predicted molar refractivity (Wildman–Crippen MR) is 105 cm³/mol. The van der Waals surface area contributed by atoms with Crippen molar-refractivity contribution in [3.63, 3.8) is 0 Å². The third-order valence-electron chi connectivity index (χ3n) is 4.15. The fourth-order valence-corrected chi connectivity index (χ4v) is 2.57. The Morgan fingerprint density at radius 3 is 2.52 bits per heavy atom. The van der Waals surface area contributed by atoms with Gasteiger partial charge in [-0.15, -0.1) is 0 Å². The van der Waals surface area contributed by atoms with Crippen molar-refractivity contribution < 1.29 is 19.1 Å². The average molecular weight is 369 g/mol. The predicted octanol–water partition coefficient (Wildman–Crippen LogP) is 3.23. The van der Waals surface area contributed by atoms with Gasteiger partial charge in [-0.1, -0.05) is 55.0 Å². The average Bonchev–Trinajstić information content (AvgIpc) is 2.69. The highest BCUT2D eigenvalue weighted by Gasteiger charge is 2.07. The van der Waals surface area contributed by atoms with Crippen LogP contribution >= 0.6 is 0 Å². The topological polar surface area (TPSA) is 64.6 Å². The smallest absolute Gasteiger partial charge is 0.344 e. The zero-order valence-electron chi connectivity index (χ0n) is 16.0. The molecule has 0 aliphatic heterocycles. The number of nitrogens with one attached hydrogen (secondary N) is 1. The molecule has 5 nitrogen and oxygen atoms in total. The van der Waals surface area contributed by atoms with Crippen molar-refractivity contribution in [3.05, 3.63) is 65.2 Å². The number of para-hydroxylation sites is 1. The fraction of sp³-hybridized carbons (Fsp3) is 0.364. The van der Waals surface area contributed by atoms with E-state index in [2.05, 4.69) is 5.32 Å². The summed E-state index contributed by atoms with van der Waals surface area (Å²) in [5, 5.41) is 2.75. The third-order valence-corrected chi connectivity index (χ3v) is 4.15. The molecule has 5 heteroatoms. The molecule has 0 spiro atoms. The van der Waals surface area contributed by atoms with E-state index in [-0.39, 0.29) is 19.1 Å². The van der Waals surface area contributed by atoms with Crippen LogP contribution in [0, 0.1) is 6.92 Å². The first-order chi connectivity index (χ1) is 13.1. The Hall–Kier alpha value is -2.82. The molecule has 1 N–H and O–H groups in total. The van der Waals surface area contributed by atoms with Crippen LogP contribution in [0.15, 0.2) is 48.5 Å². The quantitative estimate of drug-likeness (QED) is 0.516. The molecule has 0 aliphatic carbocycles. The van der Waals surface area contributed by atoms with Crippen molar-refractivity contribution in [2.24, 2.45) is 0 Å². The SMILES string of the molecule is CCc1ccccc1OCC(=O)OCCNC(=O)CCc1ccc(C)cc1. The summed E-state index contributed by atoms with van der Waals surface area (Å²) in [7, 11) is 0. The van der Waals surface area contributed by atoms with Crippen molar-refractivity contribution in [3.8, 4) is 5.75 Å². The summed E-state index contributed by atoms with van der Waals surface area (Å²) in [4.78, 5) is 23.6. The largest absolute Gasteiger partial charge is 0.482 e. The van der Waals surface area contributed by atoms with Crippen LogP contribution in [0.3, 0.4) is 0 Å². The lowest BCUT2D eigenvalue weighted by Gasteiger charge is -2.10. The van der Waals surface area contributed by atoms with Gasteiger partial charge in [-0.25, -0.2) is 4.79 Å². The molecular weight excluding hydrogens is 342 g/mol. The lowest BCUT2D eigenvalue weighted by Crippen LogP contribution is -2.29. The van der Waals surface area contributed by atoms with Crippen molar-refractivity contribution in [1.82, 2.24) is 5.32 Å². The van der Waals surface area contributed by atoms with Crippen molar-refractivity contribution >= 4 is 11.9 Å². The second-order valence-electron chi connectivity index (χ2n) is 6.31. The van der Waals surface area contributed by atoms with E-state index in [4.69, 9.17) is 9.47 Å². The second kappa shape index (κ2) is 11.0. The third kappa shape index (κ3) is 7.52. The molecule has 0 aromatic heterocycles. The van der Waals surface area contributed by atoms with Gasteiger partial charge in [-0.05, 0) is 37.0 Å². The number of benzene rings is 2. The Kier molecular flexibility index (Phi) is 8.36. The number of ether oxygens (including phenoxy) is 2. The van der Waals surface area contributed by atoms with Crippen LogP contribution in [0.25, 0.3) is 0 Å². The Morgan fingerprint density at radius 1 is 1.04 bits per heavy atom. The van der Waals surface area contributed by atoms with E-state index < -0.39 is 5.97 Å². The zero-order valence-corrected chi connectivity index (χ0v) is 16.0. The minimum atomic E-state index is -0.449. The van der Waals surface area contributed by atoms with Crippen molar-refractivity contribution in [1.29, 1.82) is 0 Å². The van der Waals surface area contributed by atoms with Gasteiger partial charge in [-0.2, -0.15) is 0 Å². The molecule has 1 amide bonds. The van der Waals surface area contributed by atoms with E-state index in [0.29, 0.717) is 25.1 Å². The van der Waals surface area contributed by atoms with Gasteiger partial charge in [0.25, 0.3) is 0 Å². The van der Waals surface area contributed by atoms with Crippen LogP contribution in [0.2, 0.25) is 0 Å². The maximum atomic E-state index is 11.8. The highest BCUT2D eigenvalue weighted by molar-refractivity contribution is 5.76. The van der Waals surface area contributed by atoms with Gasteiger partial charge in [0.15, 0.2) is 6.61 Å². The van der Waals surface area contributed by atoms with Crippen LogP contribution in [0.5, 0.6) is 5.75 Å². The van der Waals surface area contributed by atoms with Crippen molar-refractivity contribution in [2.45, 2.75) is 33.1 Å². The number of esters is 1. The van der Waals surface area contributed by atoms with Gasteiger partial charge in [0.05, 0.1) is 6.54 Å². The van der Waals surface area contributed by atoms with Gasteiger partial charge in [0.2, 0.25) is 5.91 Å². The standard InChI is InChI=1S/C22H27NO4/c1-3-19-6-4-5-7-20(19)27-16-22(25)26-15-14-23-21(24)13-12-18-10-8-17(2)9-11-18/h4-11H,3,12-16H2,1-2H3,(H,23,24). The molecule has 0 radical (unpaired) electrons. The van der Waals surface area contributed by atoms with Crippen LogP contribution in [-0.4, -0.2) is 31.6 Å². The molecule has 144 valence electrons. The maximum Gasteiger partial charge on any atom is 0.344 e. The van der Waals surface area contributed by atoms with E-state index >= 15 is 0 Å². The zero-order chi connectivity index (χ0) is 19.5. The molecule has 0 fully saturated rings. The van der Waals surface area contributed by atoms with E-state index in [9.17, 15) is 9.59 Å². The van der Waals surface area contributed by atoms with E-state index in [0.717, 1.165) is 17.5 Å². The minimum absolute atomic E-state index is 0.0558. The molecular formula is C22H27NO4. The molecule has 2 aromatic carbocycles. The maximum absolute atomic E-state index is 11.8. The van der Waals surface area contributed by atoms with Crippen LogP contribution in [-0.2, 0) is 27.2 Å². The van der Waals surface area contributed by atoms with Gasteiger partial charge in [0, 0.05) is 6.42 Å². The number of rotatable bonds is 10. The fourth-order valence-electron chi connectivity index (χ4n) is 2.57. The van der Waals surface area contributed by atoms with Crippen LogP contribution in [0.1, 0.15) is 30.0 Å². The number of hydrogen-bond donors (Lipinski definition) is 1. The van der Waals surface area contributed by atoms with Gasteiger partial charge >= 0.3 is 5.97 Å². The molecule has 0 saturated carbocycles. The summed E-state index contributed by atoms with van der Waals surface area (Å²) in [6.45, 7) is 4.35. The normalized spacial score (nSPS) is 10.3. The van der Waals surface area contributed by atoms with E-state index in [1.54, 1.807) is 0 Å². The number of carbonyl (C=O) groups excluding carboxylic acids is 2. The summed E-state index contributed by atoms with van der Waals surface area (Å²) >= 11 is 0. The van der Waals surface area contributed by atoms with Gasteiger partial charge < -0.3 is 14.8 Å². The molecule has 0 bridgehead atoms. The van der Waals surface area contributed by atoms with E-state index in [1.807, 2.05) is 62.4 Å². The first kappa shape index (κ1) is 20.5. The summed E-state index contributed by atoms with van der Waals surface area (Å²) in [5.74, 6) is 0.191. The number of amides is 1. The summed E-state index contributed by atoms with van der Waals surface area (Å²) in [6.07, 6.45) is 1.93. The Labute approximate surface area is 160 Å². The molecule has 0 heterocycles. The molecule has 27 heavy (non-hydrogen) atoms. The summed E-state index contributed by atoms with van der Waals surface area (Å²) in [5.41, 5.74) is 3.38. The molecule has 0 atom stereocenters. The second-order valence-corrected chi connectivity index (χ2v) is 6.31. The molecule has 0 saturated heterocycles. The van der Waals surface area contributed by atoms with Gasteiger partial charge in [0.1, 0.15) is 12.4 Å². The van der Waals surface area contributed by atoms with E-state index in [1.165, 1.54) is 5.56 Å². The molecule has 2 rings (SSSR count). The first-order valence-electron chi connectivity index (χ1n) is 9.27. The Bertz CT molecular complexity index is 740. The molecule has 0 unspecified atom stereocenters. The first-order valence-corrected chi connectivity index (χ1v) is 9.27. The lowest BCUT2D eigenvalue weighted by molar-refractivity contribution is -0.146. The number of aryl methyl sites for hydroxylation is 3. The monoisotopic (exact) mass is 369 g/mol. The number of carbonyl (C=O) groups is 2. The minimum Gasteiger partial charge on any atom is -0.482 e. The van der Waals surface area contributed by atoms with Crippen molar-refractivity contribution in [2.75, 3.05) is 19.8 Å². The Balaban J connectivity index is 1.58. The Morgan fingerprint density at radius 2 is 1.78 bits per heavy atom. The lowest BCUT2D eigenvalue weighted by atomic mass is 10.1. The molecule has 0 aliphatic rings.